The van der Waals surface area contributed by atoms with E-state index in [-0.39, 0.29) is 17.6 Å². The van der Waals surface area contributed by atoms with Gasteiger partial charge in [0, 0.05) is 5.41 Å². The van der Waals surface area contributed by atoms with Gasteiger partial charge in [0.05, 0.1) is 26.0 Å². The van der Waals surface area contributed by atoms with E-state index in [0.29, 0.717) is 25.5 Å². The predicted octanol–water partition coefficient (Wildman–Crippen LogP) is 1.81. The average molecular weight is 291 g/mol. The van der Waals surface area contributed by atoms with Crippen LogP contribution in [0.3, 0.4) is 0 Å². The Labute approximate surface area is 124 Å². The molecular weight excluding hydrogens is 270 g/mol. The molecule has 0 radical (unpaired) electrons. The molecule has 0 saturated carbocycles. The van der Waals surface area contributed by atoms with Gasteiger partial charge in [-0.2, -0.15) is 0 Å². The number of para-hydroxylation sites is 1. The highest BCUT2D eigenvalue weighted by Crippen LogP contribution is 2.22. The zero-order chi connectivity index (χ0) is 15.1. The highest BCUT2D eigenvalue weighted by molar-refractivity contribution is 6.26. The first-order valence-corrected chi connectivity index (χ1v) is 6.83. The maximum absolute atomic E-state index is 5.58. The molecule has 0 aliphatic carbocycles. The summed E-state index contributed by atoms with van der Waals surface area (Å²) in [7, 11) is 0. The van der Waals surface area contributed by atoms with Gasteiger partial charge in [-0.05, 0) is 12.1 Å². The molecule has 0 aromatic heterocycles. The molecule has 1 saturated heterocycles. The van der Waals surface area contributed by atoms with E-state index in [1.54, 1.807) is 0 Å². The minimum Gasteiger partial charge on any atom is -0.436 e. The Bertz CT molecular complexity index is 490. The number of aliphatic imine (C=N–C) groups is 1. The van der Waals surface area contributed by atoms with Crippen LogP contribution in [0.15, 0.2) is 40.4 Å². The lowest BCUT2D eigenvalue weighted by molar-refractivity contribution is -0.215. The summed E-state index contributed by atoms with van der Waals surface area (Å²) in [5.41, 5.74) is 0.0561. The molecule has 1 heterocycles. The van der Waals surface area contributed by atoms with Gasteiger partial charge in [0.2, 0.25) is 0 Å². The minimum absolute atomic E-state index is 0.0561. The van der Waals surface area contributed by atoms with Crippen molar-refractivity contribution in [3.05, 3.63) is 30.3 Å². The molecule has 1 aliphatic rings. The van der Waals surface area contributed by atoms with Crippen molar-refractivity contribution in [1.29, 1.82) is 0 Å². The van der Waals surface area contributed by atoms with Crippen LogP contribution >= 0.6 is 0 Å². The highest BCUT2D eigenvalue weighted by atomic mass is 16.7. The van der Waals surface area contributed by atoms with Crippen LogP contribution in [-0.4, -0.2) is 38.2 Å². The quantitative estimate of drug-likeness (QED) is 0.397. The number of hydrogen-bond donors (Lipinski definition) is 1. The largest absolute Gasteiger partial charge is 0.436 e. The second-order valence-corrected chi connectivity index (χ2v) is 5.59. The van der Waals surface area contributed by atoms with Crippen molar-refractivity contribution in [1.82, 2.24) is 0 Å². The molecule has 2 N–H and O–H groups in total. The fourth-order valence-corrected chi connectivity index (χ4v) is 1.74. The molecule has 0 unspecified atom stereocenters. The molecule has 0 spiro atoms. The van der Waals surface area contributed by atoms with Gasteiger partial charge >= 0.3 is 0 Å². The van der Waals surface area contributed by atoms with E-state index >= 15 is 0 Å². The molecule has 0 bridgehead atoms. The summed E-state index contributed by atoms with van der Waals surface area (Å²) in [5.74, 6) is 6.17. The topological polar surface area (TPSA) is 78.4 Å². The van der Waals surface area contributed by atoms with Crippen LogP contribution in [0.5, 0.6) is 5.75 Å². The van der Waals surface area contributed by atoms with Crippen LogP contribution in [0, 0.1) is 5.41 Å². The lowest BCUT2D eigenvalue weighted by atomic mass is 9.96. The molecule has 1 aliphatic heterocycles. The molecule has 1 aromatic carbocycles. The summed E-state index contributed by atoms with van der Waals surface area (Å²) in [6, 6.07) is 9.26. The molecule has 21 heavy (non-hydrogen) atoms. The Morgan fingerprint density at radius 1 is 1.33 bits per heavy atom. The van der Waals surface area contributed by atoms with Crippen LogP contribution in [0.4, 0.5) is 0 Å². The first-order valence-electron chi connectivity index (χ1n) is 6.83. The SMILES string of the molecule is CC1(C)COC(CN=C/C(=N\N)Oc2ccccc2)OC1. The smallest absolute Gasteiger partial charge is 0.253 e. The van der Waals surface area contributed by atoms with E-state index in [9.17, 15) is 0 Å². The third-order valence-corrected chi connectivity index (χ3v) is 2.87. The molecule has 6 heteroatoms. The van der Waals surface area contributed by atoms with Gasteiger partial charge in [0.1, 0.15) is 5.75 Å². The third kappa shape index (κ3) is 5.17. The Balaban J connectivity index is 1.80. The molecule has 114 valence electrons. The van der Waals surface area contributed by atoms with Gasteiger partial charge in [0.25, 0.3) is 5.90 Å². The Morgan fingerprint density at radius 2 is 2.00 bits per heavy atom. The normalized spacial score (nSPS) is 19.8. The fraction of sp³-hybridized carbons (Fsp3) is 0.467. The van der Waals surface area contributed by atoms with Crippen molar-refractivity contribution in [3.63, 3.8) is 0 Å². The second kappa shape index (κ2) is 7.19. The highest BCUT2D eigenvalue weighted by Gasteiger charge is 2.27. The number of hydrazone groups is 1. The van der Waals surface area contributed by atoms with Crippen molar-refractivity contribution in [2.75, 3.05) is 19.8 Å². The zero-order valence-corrected chi connectivity index (χ0v) is 12.4. The molecule has 0 amide bonds. The maximum atomic E-state index is 5.58. The standard InChI is InChI=1S/C15H21N3O3/c1-15(2)10-19-14(20-11-15)9-17-8-13(18-16)21-12-6-4-3-5-7-12/h3-8,14H,9-11,16H2,1-2H3/b17-8?,18-13+. The van der Waals surface area contributed by atoms with Crippen LogP contribution in [0.1, 0.15) is 13.8 Å². The summed E-state index contributed by atoms with van der Waals surface area (Å²) in [4.78, 5) is 4.20. The molecule has 1 aromatic rings. The lowest BCUT2D eigenvalue weighted by Crippen LogP contribution is -2.39. The van der Waals surface area contributed by atoms with Gasteiger partial charge in [-0.1, -0.05) is 32.0 Å². The van der Waals surface area contributed by atoms with E-state index in [1.807, 2.05) is 30.3 Å². The number of benzene rings is 1. The van der Waals surface area contributed by atoms with E-state index in [2.05, 4.69) is 23.9 Å². The Hall–Kier alpha value is -1.92. The lowest BCUT2D eigenvalue weighted by Gasteiger charge is -2.33. The second-order valence-electron chi connectivity index (χ2n) is 5.59. The number of rotatable bonds is 4. The average Bonchev–Trinajstić information content (AvgIpc) is 2.49. The van der Waals surface area contributed by atoms with Crippen molar-refractivity contribution in [2.45, 2.75) is 20.1 Å². The number of ether oxygens (including phenoxy) is 3. The summed E-state index contributed by atoms with van der Waals surface area (Å²) in [6.45, 7) is 5.89. The van der Waals surface area contributed by atoms with E-state index < -0.39 is 0 Å². The summed E-state index contributed by atoms with van der Waals surface area (Å²) in [5, 5.41) is 3.55. The molecule has 0 atom stereocenters. The molecule has 6 nitrogen and oxygen atoms in total. The molecule has 2 rings (SSSR count). The van der Waals surface area contributed by atoms with E-state index in [0.717, 1.165) is 0 Å². The monoisotopic (exact) mass is 291 g/mol. The number of hydrogen-bond acceptors (Lipinski definition) is 6. The van der Waals surface area contributed by atoms with Crippen LogP contribution in [0.25, 0.3) is 0 Å². The van der Waals surface area contributed by atoms with Gasteiger partial charge in [-0.15, -0.1) is 5.10 Å². The summed E-state index contributed by atoms with van der Waals surface area (Å²) >= 11 is 0. The van der Waals surface area contributed by atoms with Gasteiger partial charge in [-0.25, -0.2) is 0 Å². The first kappa shape index (κ1) is 15.5. The van der Waals surface area contributed by atoms with Crippen molar-refractivity contribution in [2.24, 2.45) is 21.4 Å². The Morgan fingerprint density at radius 3 is 2.62 bits per heavy atom. The fourth-order valence-electron chi connectivity index (χ4n) is 1.74. The van der Waals surface area contributed by atoms with Gasteiger partial charge < -0.3 is 20.1 Å². The van der Waals surface area contributed by atoms with Crippen molar-refractivity contribution in [3.8, 4) is 5.75 Å². The predicted molar refractivity (Wildman–Crippen MR) is 81.5 cm³/mol. The van der Waals surface area contributed by atoms with Gasteiger partial charge in [-0.3, -0.25) is 4.99 Å². The van der Waals surface area contributed by atoms with E-state index in [1.165, 1.54) is 6.21 Å². The number of nitrogens with two attached hydrogens (primary N) is 1. The third-order valence-electron chi connectivity index (χ3n) is 2.87. The van der Waals surface area contributed by atoms with Crippen molar-refractivity contribution < 1.29 is 14.2 Å². The van der Waals surface area contributed by atoms with Gasteiger partial charge in [0.15, 0.2) is 6.29 Å². The minimum atomic E-state index is -0.329. The zero-order valence-electron chi connectivity index (χ0n) is 12.4. The van der Waals surface area contributed by atoms with Crippen LogP contribution in [0.2, 0.25) is 0 Å². The number of nitrogens with zero attached hydrogens (tertiary/aromatic N) is 2. The summed E-state index contributed by atoms with van der Waals surface area (Å²) < 4.78 is 16.6. The maximum Gasteiger partial charge on any atom is 0.253 e. The molecular formula is C15H21N3O3. The Kier molecular flexibility index (Phi) is 5.30. The van der Waals surface area contributed by atoms with Crippen LogP contribution in [-0.2, 0) is 9.47 Å². The summed E-state index contributed by atoms with van der Waals surface area (Å²) in [6.07, 6.45) is 1.14. The van der Waals surface area contributed by atoms with Crippen LogP contribution < -0.4 is 10.6 Å². The van der Waals surface area contributed by atoms with E-state index in [4.69, 9.17) is 20.1 Å². The van der Waals surface area contributed by atoms with Crippen molar-refractivity contribution >= 4 is 12.1 Å². The first-order chi connectivity index (χ1) is 10.1. The molecule has 1 fully saturated rings.